The smallest absolute Gasteiger partial charge is 0.184 e. The normalized spacial score (nSPS) is 9.67. The van der Waals surface area contributed by atoms with Crippen LogP contribution >= 0.6 is 24.2 Å². The SMILES string of the molecule is Cc1nc(S)ncc1Cl. The Morgan fingerprint density at radius 2 is 2.33 bits per heavy atom. The van der Waals surface area contributed by atoms with Gasteiger partial charge in [0.05, 0.1) is 16.9 Å². The highest BCUT2D eigenvalue weighted by molar-refractivity contribution is 7.80. The van der Waals surface area contributed by atoms with Crippen molar-refractivity contribution in [3.8, 4) is 0 Å². The summed E-state index contributed by atoms with van der Waals surface area (Å²) in [5.74, 6) is 0. The van der Waals surface area contributed by atoms with E-state index in [4.69, 9.17) is 11.6 Å². The van der Waals surface area contributed by atoms with Crippen molar-refractivity contribution in [2.45, 2.75) is 12.1 Å². The van der Waals surface area contributed by atoms with E-state index in [1.807, 2.05) is 6.92 Å². The molecule has 2 nitrogen and oxygen atoms in total. The molecule has 1 rings (SSSR count). The van der Waals surface area contributed by atoms with Gasteiger partial charge in [0.15, 0.2) is 5.16 Å². The minimum Gasteiger partial charge on any atom is -0.230 e. The summed E-state index contributed by atoms with van der Waals surface area (Å²) in [5, 5.41) is 1.03. The molecule has 0 fully saturated rings. The molecular weight excluding hydrogens is 156 g/mol. The summed E-state index contributed by atoms with van der Waals surface area (Å²) in [6, 6.07) is 0. The summed E-state index contributed by atoms with van der Waals surface area (Å²) < 4.78 is 0. The van der Waals surface area contributed by atoms with Crippen LogP contribution in [0.4, 0.5) is 0 Å². The lowest BCUT2D eigenvalue weighted by atomic mass is 10.5. The van der Waals surface area contributed by atoms with Gasteiger partial charge in [0.1, 0.15) is 0 Å². The molecule has 48 valence electrons. The van der Waals surface area contributed by atoms with Crippen LogP contribution in [0.1, 0.15) is 5.69 Å². The van der Waals surface area contributed by atoms with Crippen LogP contribution in [-0.4, -0.2) is 9.97 Å². The molecular formula is C5H5ClN2S. The zero-order valence-corrected chi connectivity index (χ0v) is 6.45. The largest absolute Gasteiger partial charge is 0.230 e. The van der Waals surface area contributed by atoms with Crippen molar-refractivity contribution in [2.75, 3.05) is 0 Å². The Hall–Kier alpha value is -0.280. The fraction of sp³-hybridized carbons (Fsp3) is 0.200. The Balaban J connectivity index is 3.17. The molecule has 1 heterocycles. The number of hydrogen-bond acceptors (Lipinski definition) is 3. The molecule has 4 heteroatoms. The second kappa shape index (κ2) is 2.54. The first-order valence-electron chi connectivity index (χ1n) is 2.38. The van der Waals surface area contributed by atoms with Crippen LogP contribution in [0.5, 0.6) is 0 Å². The second-order valence-corrected chi connectivity index (χ2v) is 2.41. The fourth-order valence-electron chi connectivity index (χ4n) is 0.440. The summed E-state index contributed by atoms with van der Waals surface area (Å²) in [6.07, 6.45) is 1.53. The Bertz CT molecular complexity index is 226. The van der Waals surface area contributed by atoms with Crippen molar-refractivity contribution in [1.29, 1.82) is 0 Å². The molecule has 9 heavy (non-hydrogen) atoms. The van der Waals surface area contributed by atoms with Gasteiger partial charge in [-0.3, -0.25) is 0 Å². The van der Waals surface area contributed by atoms with E-state index in [0.29, 0.717) is 10.2 Å². The molecule has 0 atom stereocenters. The molecule has 1 aromatic rings. The summed E-state index contributed by atoms with van der Waals surface area (Å²) in [6.45, 7) is 1.81. The van der Waals surface area contributed by atoms with Gasteiger partial charge in [-0.05, 0) is 6.92 Å². The molecule has 0 amide bonds. The van der Waals surface area contributed by atoms with Crippen LogP contribution in [0, 0.1) is 6.92 Å². The van der Waals surface area contributed by atoms with E-state index in [0.717, 1.165) is 5.69 Å². The molecule has 0 spiro atoms. The number of hydrogen-bond donors (Lipinski definition) is 1. The van der Waals surface area contributed by atoms with Crippen molar-refractivity contribution < 1.29 is 0 Å². The average Bonchev–Trinajstić information content (AvgIpc) is 1.80. The van der Waals surface area contributed by atoms with E-state index >= 15 is 0 Å². The summed E-state index contributed by atoms with van der Waals surface area (Å²) in [4.78, 5) is 7.65. The molecule has 0 saturated carbocycles. The number of nitrogens with zero attached hydrogens (tertiary/aromatic N) is 2. The third-order valence-electron chi connectivity index (χ3n) is 0.907. The van der Waals surface area contributed by atoms with Gasteiger partial charge in [0, 0.05) is 0 Å². The Kier molecular flexibility index (Phi) is 1.93. The number of halogens is 1. The van der Waals surface area contributed by atoms with Gasteiger partial charge in [-0.15, -0.1) is 12.6 Å². The van der Waals surface area contributed by atoms with E-state index in [1.165, 1.54) is 6.20 Å². The zero-order valence-electron chi connectivity index (χ0n) is 4.80. The minimum absolute atomic E-state index is 0.455. The predicted molar refractivity (Wildman–Crippen MR) is 39.0 cm³/mol. The first-order valence-corrected chi connectivity index (χ1v) is 3.21. The Labute approximate surface area is 63.7 Å². The zero-order chi connectivity index (χ0) is 6.85. The number of rotatable bonds is 0. The molecule has 0 saturated heterocycles. The maximum absolute atomic E-state index is 5.62. The quantitative estimate of drug-likeness (QED) is 0.462. The molecule has 0 N–H and O–H groups in total. The van der Waals surface area contributed by atoms with Gasteiger partial charge in [0.2, 0.25) is 0 Å². The van der Waals surface area contributed by atoms with Crippen molar-refractivity contribution in [3.05, 3.63) is 16.9 Å². The second-order valence-electron chi connectivity index (χ2n) is 1.60. The maximum atomic E-state index is 5.62. The molecule has 0 aliphatic heterocycles. The lowest BCUT2D eigenvalue weighted by Crippen LogP contribution is -1.86. The maximum Gasteiger partial charge on any atom is 0.184 e. The highest BCUT2D eigenvalue weighted by atomic mass is 35.5. The minimum atomic E-state index is 0.455. The van der Waals surface area contributed by atoms with Crippen LogP contribution < -0.4 is 0 Å². The van der Waals surface area contributed by atoms with Crippen molar-refractivity contribution >= 4 is 24.2 Å². The van der Waals surface area contributed by atoms with Gasteiger partial charge in [-0.25, -0.2) is 9.97 Å². The molecule has 0 unspecified atom stereocenters. The van der Waals surface area contributed by atoms with Crippen LogP contribution in [-0.2, 0) is 0 Å². The number of thiol groups is 1. The summed E-state index contributed by atoms with van der Waals surface area (Å²) >= 11 is 9.54. The van der Waals surface area contributed by atoms with Crippen LogP contribution in [0.2, 0.25) is 5.02 Å². The highest BCUT2D eigenvalue weighted by Crippen LogP contribution is 2.10. The van der Waals surface area contributed by atoms with Gasteiger partial charge in [0.25, 0.3) is 0 Å². The molecule has 0 aromatic carbocycles. The van der Waals surface area contributed by atoms with E-state index in [1.54, 1.807) is 0 Å². The van der Waals surface area contributed by atoms with Crippen molar-refractivity contribution in [2.24, 2.45) is 0 Å². The third kappa shape index (κ3) is 1.56. The Morgan fingerprint density at radius 1 is 1.67 bits per heavy atom. The van der Waals surface area contributed by atoms with Gasteiger partial charge < -0.3 is 0 Å². The van der Waals surface area contributed by atoms with Crippen LogP contribution in [0.15, 0.2) is 11.4 Å². The molecule has 0 aliphatic carbocycles. The van der Waals surface area contributed by atoms with Gasteiger partial charge in [-0.1, -0.05) is 11.6 Å². The topological polar surface area (TPSA) is 25.8 Å². The van der Waals surface area contributed by atoms with Gasteiger partial charge >= 0.3 is 0 Å². The first kappa shape index (κ1) is 6.83. The van der Waals surface area contributed by atoms with Crippen LogP contribution in [0.3, 0.4) is 0 Å². The van der Waals surface area contributed by atoms with Gasteiger partial charge in [-0.2, -0.15) is 0 Å². The van der Waals surface area contributed by atoms with E-state index < -0.39 is 0 Å². The Morgan fingerprint density at radius 3 is 2.78 bits per heavy atom. The molecule has 0 radical (unpaired) electrons. The average molecular weight is 161 g/mol. The predicted octanol–water partition coefficient (Wildman–Crippen LogP) is 1.73. The summed E-state index contributed by atoms with van der Waals surface area (Å²) in [7, 11) is 0. The van der Waals surface area contributed by atoms with Crippen molar-refractivity contribution in [3.63, 3.8) is 0 Å². The summed E-state index contributed by atoms with van der Waals surface area (Å²) in [5.41, 5.74) is 0.761. The lowest BCUT2D eigenvalue weighted by molar-refractivity contribution is 0.939. The lowest BCUT2D eigenvalue weighted by Gasteiger charge is -1.93. The number of aryl methyl sites for hydroxylation is 1. The highest BCUT2D eigenvalue weighted by Gasteiger charge is 1.94. The monoisotopic (exact) mass is 160 g/mol. The van der Waals surface area contributed by atoms with E-state index in [-0.39, 0.29) is 0 Å². The fourth-order valence-corrected chi connectivity index (χ4v) is 0.739. The molecule has 0 aliphatic rings. The van der Waals surface area contributed by atoms with E-state index in [2.05, 4.69) is 22.6 Å². The standard InChI is InChI=1S/C5H5ClN2S/c1-3-4(6)2-7-5(9)8-3/h2H,1H3,(H,7,8,9). The first-order chi connectivity index (χ1) is 4.20. The molecule has 0 bridgehead atoms. The molecule has 1 aromatic heterocycles. The number of aromatic nitrogens is 2. The van der Waals surface area contributed by atoms with Crippen LogP contribution in [0.25, 0.3) is 0 Å². The van der Waals surface area contributed by atoms with Crippen molar-refractivity contribution in [1.82, 2.24) is 9.97 Å². The van der Waals surface area contributed by atoms with E-state index in [9.17, 15) is 0 Å². The third-order valence-corrected chi connectivity index (χ3v) is 1.49.